The Kier molecular flexibility index (Phi) is 5.22. The molecule has 0 spiro atoms. The first-order valence-corrected chi connectivity index (χ1v) is 5.73. The van der Waals surface area contributed by atoms with E-state index in [4.69, 9.17) is 16.9 Å². The van der Waals surface area contributed by atoms with Gasteiger partial charge < -0.3 is 15.8 Å². The number of carbonyl (C=O) groups excluding carboxylic acids is 1. The minimum Gasteiger partial charge on any atom is -0.483 e. The average Bonchev–Trinajstić information content (AvgIpc) is 2.33. The summed E-state index contributed by atoms with van der Waals surface area (Å²) in [5.41, 5.74) is 7.78. The summed E-state index contributed by atoms with van der Waals surface area (Å²) in [5, 5.41) is 2.53. The molecule has 96 valence electrons. The number of rotatable bonds is 5. The Labute approximate surface area is 108 Å². The van der Waals surface area contributed by atoms with Crippen LogP contribution in [0.4, 0.5) is 0 Å². The van der Waals surface area contributed by atoms with Crippen molar-refractivity contribution >= 4 is 5.91 Å². The fraction of sp³-hybridized carbons (Fsp3) is 0.357. The molecule has 0 aliphatic heterocycles. The van der Waals surface area contributed by atoms with Crippen molar-refractivity contribution in [2.45, 2.75) is 19.9 Å². The fourth-order valence-corrected chi connectivity index (χ4v) is 1.49. The van der Waals surface area contributed by atoms with E-state index in [-0.39, 0.29) is 25.1 Å². The van der Waals surface area contributed by atoms with E-state index in [0.29, 0.717) is 5.75 Å². The summed E-state index contributed by atoms with van der Waals surface area (Å²) in [6, 6.07) is 5.60. The molecule has 4 nitrogen and oxygen atoms in total. The highest BCUT2D eigenvalue weighted by atomic mass is 16.5. The molecule has 0 unspecified atom stereocenters. The van der Waals surface area contributed by atoms with E-state index in [9.17, 15) is 4.79 Å². The van der Waals surface area contributed by atoms with Crippen LogP contribution in [0.15, 0.2) is 18.2 Å². The molecule has 0 saturated heterocycles. The van der Waals surface area contributed by atoms with Crippen LogP contribution in [0.25, 0.3) is 0 Å². The molecule has 1 aromatic carbocycles. The Hall–Kier alpha value is -1.99. The monoisotopic (exact) mass is 246 g/mol. The second kappa shape index (κ2) is 6.67. The number of carbonyl (C=O) groups is 1. The van der Waals surface area contributed by atoms with E-state index >= 15 is 0 Å². The van der Waals surface area contributed by atoms with Crippen molar-refractivity contribution in [3.05, 3.63) is 29.3 Å². The van der Waals surface area contributed by atoms with Gasteiger partial charge in [0.15, 0.2) is 6.61 Å². The fourth-order valence-electron chi connectivity index (χ4n) is 1.49. The molecule has 0 aromatic heterocycles. The van der Waals surface area contributed by atoms with Crippen LogP contribution in [0.1, 0.15) is 24.1 Å². The van der Waals surface area contributed by atoms with Crippen molar-refractivity contribution < 1.29 is 9.53 Å². The average molecular weight is 246 g/mol. The van der Waals surface area contributed by atoms with Crippen molar-refractivity contribution in [2.24, 2.45) is 5.73 Å². The third-order valence-electron chi connectivity index (χ3n) is 2.41. The number of nitrogens with two attached hydrogens (primary N) is 1. The number of aryl methyl sites for hydroxylation is 1. The summed E-state index contributed by atoms with van der Waals surface area (Å²) in [6.07, 6.45) is 5.05. The zero-order chi connectivity index (χ0) is 13.5. The molecule has 1 amide bonds. The van der Waals surface area contributed by atoms with Gasteiger partial charge in [0.05, 0.1) is 6.54 Å². The van der Waals surface area contributed by atoms with Crippen molar-refractivity contribution in [3.8, 4) is 18.1 Å². The number of amides is 1. The van der Waals surface area contributed by atoms with Gasteiger partial charge in [-0.3, -0.25) is 4.79 Å². The van der Waals surface area contributed by atoms with E-state index in [1.54, 1.807) is 0 Å². The Bertz CT molecular complexity index is 461. The zero-order valence-corrected chi connectivity index (χ0v) is 10.7. The lowest BCUT2D eigenvalue weighted by Crippen LogP contribution is -2.29. The van der Waals surface area contributed by atoms with Gasteiger partial charge in [0.2, 0.25) is 0 Å². The van der Waals surface area contributed by atoms with E-state index in [0.717, 1.165) is 11.1 Å². The van der Waals surface area contributed by atoms with Gasteiger partial charge in [-0.15, -0.1) is 6.42 Å². The molecule has 18 heavy (non-hydrogen) atoms. The van der Waals surface area contributed by atoms with Crippen LogP contribution in [-0.2, 0) is 4.79 Å². The second-order valence-corrected chi connectivity index (χ2v) is 4.10. The van der Waals surface area contributed by atoms with Crippen LogP contribution < -0.4 is 15.8 Å². The molecule has 0 fully saturated rings. The number of hydrogen-bond acceptors (Lipinski definition) is 3. The second-order valence-electron chi connectivity index (χ2n) is 4.10. The van der Waals surface area contributed by atoms with Gasteiger partial charge in [-0.05, 0) is 25.5 Å². The first-order valence-electron chi connectivity index (χ1n) is 5.73. The molecular formula is C14H18N2O2. The zero-order valence-electron chi connectivity index (χ0n) is 10.7. The van der Waals surface area contributed by atoms with Gasteiger partial charge in [0.1, 0.15) is 5.75 Å². The lowest BCUT2D eigenvalue weighted by molar-refractivity contribution is -0.122. The first-order chi connectivity index (χ1) is 8.54. The molecular weight excluding hydrogens is 228 g/mol. The largest absolute Gasteiger partial charge is 0.483 e. The maximum atomic E-state index is 11.4. The van der Waals surface area contributed by atoms with Crippen molar-refractivity contribution in [1.29, 1.82) is 0 Å². The predicted octanol–water partition coefficient (Wildman–Crippen LogP) is 1.14. The summed E-state index contributed by atoms with van der Waals surface area (Å²) in [6.45, 7) is 3.97. The third-order valence-corrected chi connectivity index (χ3v) is 2.41. The highest BCUT2D eigenvalue weighted by Crippen LogP contribution is 2.24. The maximum absolute atomic E-state index is 11.4. The SMILES string of the molecule is C#CCNC(=O)COc1cc(C)ccc1[C@@H](C)N. The molecule has 1 atom stereocenters. The van der Waals surface area contributed by atoms with Gasteiger partial charge in [-0.2, -0.15) is 0 Å². The van der Waals surface area contributed by atoms with Crippen LogP contribution in [0, 0.1) is 19.3 Å². The van der Waals surface area contributed by atoms with Crippen molar-refractivity contribution in [3.63, 3.8) is 0 Å². The predicted molar refractivity (Wildman–Crippen MR) is 71.1 cm³/mol. The number of terminal acetylenes is 1. The van der Waals surface area contributed by atoms with E-state index in [1.165, 1.54) is 0 Å². The van der Waals surface area contributed by atoms with Crippen LogP contribution in [0.2, 0.25) is 0 Å². The van der Waals surface area contributed by atoms with E-state index < -0.39 is 0 Å². The highest BCUT2D eigenvalue weighted by molar-refractivity contribution is 5.77. The molecule has 1 aromatic rings. The van der Waals surface area contributed by atoms with E-state index in [1.807, 2.05) is 32.0 Å². The summed E-state index contributed by atoms with van der Waals surface area (Å²) in [7, 11) is 0. The lowest BCUT2D eigenvalue weighted by atomic mass is 10.1. The van der Waals surface area contributed by atoms with Crippen LogP contribution in [-0.4, -0.2) is 19.1 Å². The van der Waals surface area contributed by atoms with Gasteiger partial charge in [0.25, 0.3) is 5.91 Å². The quantitative estimate of drug-likeness (QED) is 0.766. The minimum absolute atomic E-state index is 0.0646. The van der Waals surface area contributed by atoms with Crippen molar-refractivity contribution in [1.82, 2.24) is 5.32 Å². The molecule has 3 N–H and O–H groups in total. The van der Waals surface area contributed by atoms with Crippen LogP contribution in [0.3, 0.4) is 0 Å². The molecule has 0 heterocycles. The summed E-state index contributed by atoms with van der Waals surface area (Å²) >= 11 is 0. The molecule has 0 saturated carbocycles. The summed E-state index contributed by atoms with van der Waals surface area (Å²) in [5.74, 6) is 2.72. The topological polar surface area (TPSA) is 64.3 Å². The van der Waals surface area contributed by atoms with E-state index in [2.05, 4.69) is 11.2 Å². The van der Waals surface area contributed by atoms with Gasteiger partial charge in [-0.1, -0.05) is 18.1 Å². The number of benzene rings is 1. The van der Waals surface area contributed by atoms with Crippen molar-refractivity contribution in [2.75, 3.05) is 13.2 Å². The molecule has 0 radical (unpaired) electrons. The number of hydrogen-bond donors (Lipinski definition) is 2. The van der Waals surface area contributed by atoms with Gasteiger partial charge in [-0.25, -0.2) is 0 Å². The number of ether oxygens (including phenoxy) is 1. The number of nitrogens with one attached hydrogen (secondary N) is 1. The molecule has 0 aliphatic carbocycles. The Balaban J connectivity index is 2.69. The summed E-state index contributed by atoms with van der Waals surface area (Å²) in [4.78, 5) is 11.4. The Morgan fingerprint density at radius 3 is 2.94 bits per heavy atom. The van der Waals surface area contributed by atoms with Crippen LogP contribution >= 0.6 is 0 Å². The highest BCUT2D eigenvalue weighted by Gasteiger charge is 2.10. The first kappa shape index (κ1) is 14.1. The molecule has 4 heteroatoms. The molecule has 0 bridgehead atoms. The van der Waals surface area contributed by atoms with Crippen LogP contribution in [0.5, 0.6) is 5.75 Å². The minimum atomic E-state index is -0.245. The van der Waals surface area contributed by atoms with Gasteiger partial charge in [0, 0.05) is 11.6 Å². The lowest BCUT2D eigenvalue weighted by Gasteiger charge is -2.14. The Morgan fingerprint density at radius 2 is 2.33 bits per heavy atom. The molecule has 0 aliphatic rings. The standard InChI is InChI=1S/C14H18N2O2/c1-4-7-16-14(17)9-18-13-8-10(2)5-6-12(13)11(3)15/h1,5-6,8,11H,7,9,15H2,2-3H3,(H,16,17)/t11-/m1/s1. The molecule has 1 rings (SSSR count). The third kappa shape index (κ3) is 4.11. The van der Waals surface area contributed by atoms with Gasteiger partial charge >= 0.3 is 0 Å². The summed E-state index contributed by atoms with van der Waals surface area (Å²) < 4.78 is 5.48. The smallest absolute Gasteiger partial charge is 0.258 e. The normalized spacial score (nSPS) is 11.4. The maximum Gasteiger partial charge on any atom is 0.258 e. The Morgan fingerprint density at radius 1 is 1.61 bits per heavy atom.